The lowest BCUT2D eigenvalue weighted by Crippen LogP contribution is -1.98. The van der Waals surface area contributed by atoms with Crippen LogP contribution in [0.4, 0.5) is 0 Å². The number of para-hydroxylation sites is 13. The molecule has 0 bridgehead atoms. The van der Waals surface area contributed by atoms with E-state index >= 15 is 0 Å². The van der Waals surface area contributed by atoms with E-state index < -0.39 is 0 Å². The molecule has 9 nitrogen and oxygen atoms in total. The van der Waals surface area contributed by atoms with E-state index in [1.165, 1.54) is 241 Å². The zero-order chi connectivity index (χ0) is 95.0. The predicted molar refractivity (Wildman–Crippen MR) is 611 cm³/mol. The molecule has 0 amide bonds. The zero-order valence-corrected chi connectivity index (χ0v) is 78.8. The lowest BCUT2D eigenvalue weighted by molar-refractivity contribution is 1.15. The topological polar surface area (TPSA) is 44.4 Å². The van der Waals surface area contributed by atoms with E-state index in [-0.39, 0.29) is 0 Å². The van der Waals surface area contributed by atoms with Crippen molar-refractivity contribution in [2.75, 3.05) is 0 Å². The molecule has 32 aromatic rings. The number of rotatable bonds is 10. The second-order valence-electron chi connectivity index (χ2n) is 38.2. The van der Waals surface area contributed by atoms with Crippen LogP contribution in [0, 0.1) is 0 Å². The van der Waals surface area contributed by atoms with Gasteiger partial charge in [-0.25, -0.2) is 0 Å². The normalized spacial score (nSPS) is 12.0. The van der Waals surface area contributed by atoms with E-state index in [4.69, 9.17) is 0 Å². The fraction of sp³-hybridized carbons (Fsp3) is 0. The average molecular weight is 1850 g/mol. The van der Waals surface area contributed by atoms with E-state index in [0.29, 0.717) is 0 Å². The monoisotopic (exact) mass is 1850 g/mol. The summed E-state index contributed by atoms with van der Waals surface area (Å²) in [4.78, 5) is 0. The zero-order valence-electron chi connectivity index (χ0n) is 78.8. The average Bonchev–Trinajstić information content (AvgIpc) is 1.57. The predicted octanol–water partition coefficient (Wildman–Crippen LogP) is 35.8. The molecule has 0 atom stereocenters. The molecule has 23 aromatic carbocycles. The molecule has 0 spiro atoms. The summed E-state index contributed by atoms with van der Waals surface area (Å²) in [6, 6.07) is 192. The van der Waals surface area contributed by atoms with Gasteiger partial charge in [0.25, 0.3) is 0 Å². The summed E-state index contributed by atoms with van der Waals surface area (Å²) in [5.41, 5.74) is 34.6. The highest BCUT2D eigenvalue weighted by Crippen LogP contribution is 2.47. The Labute approximate surface area is 832 Å². The van der Waals surface area contributed by atoms with Crippen molar-refractivity contribution in [1.29, 1.82) is 0 Å². The second-order valence-corrected chi connectivity index (χ2v) is 38.2. The van der Waals surface area contributed by atoms with Gasteiger partial charge < -0.3 is 41.1 Å². The highest BCUT2D eigenvalue weighted by molar-refractivity contribution is 6.20. The first kappa shape index (κ1) is 81.5. The minimum atomic E-state index is 1.14. The van der Waals surface area contributed by atoms with Crippen molar-refractivity contribution >= 4 is 207 Å². The lowest BCUT2D eigenvalue weighted by Gasteiger charge is -2.13. The van der Waals surface area contributed by atoms with Gasteiger partial charge in [-0.1, -0.05) is 322 Å². The molecular weight excluding hydrogens is 1760 g/mol. The summed E-state index contributed by atoms with van der Waals surface area (Å²) in [5, 5.41) is 25.1. The molecule has 0 aliphatic heterocycles. The highest BCUT2D eigenvalue weighted by Gasteiger charge is 2.26. The Balaban J connectivity index is 0.000000101. The lowest BCUT2D eigenvalue weighted by atomic mass is 10.1. The first-order valence-electron chi connectivity index (χ1n) is 49.9. The molecule has 0 aliphatic carbocycles. The van der Waals surface area contributed by atoms with E-state index in [9.17, 15) is 0 Å². The molecule has 0 saturated carbocycles. The van der Waals surface area contributed by atoms with Crippen LogP contribution < -0.4 is 0 Å². The molecule has 9 heteroatoms. The Morgan fingerprint density at radius 1 is 0.0828 bits per heavy atom. The molecule has 676 valence electrons. The summed E-state index contributed by atoms with van der Waals surface area (Å²) >= 11 is 0. The van der Waals surface area contributed by atoms with Gasteiger partial charge >= 0.3 is 0 Å². The van der Waals surface area contributed by atoms with Gasteiger partial charge in [0.05, 0.1) is 99.3 Å². The Morgan fingerprint density at radius 3 is 0.572 bits per heavy atom. The van der Waals surface area contributed by atoms with Crippen molar-refractivity contribution in [3.05, 3.63) is 528 Å². The van der Waals surface area contributed by atoms with Crippen molar-refractivity contribution in [3.63, 3.8) is 0 Å². The van der Waals surface area contributed by atoms with Crippen molar-refractivity contribution in [3.8, 4) is 62.3 Å². The molecule has 0 saturated heterocycles. The summed E-state index contributed by atoms with van der Waals surface area (Å²) in [7, 11) is 0. The Hall–Kier alpha value is -19.5. The number of fused-ring (bicyclic) bond motifs is 28. The number of benzene rings is 23. The molecule has 0 unspecified atom stereocenters. The minimum Gasteiger partial charge on any atom is -0.309 e. The van der Waals surface area contributed by atoms with Gasteiger partial charge in [-0.05, 0) is 228 Å². The molecule has 9 aromatic heterocycles. The van der Waals surface area contributed by atoms with Crippen LogP contribution in [0.25, 0.3) is 269 Å². The van der Waals surface area contributed by atoms with E-state index in [0.717, 1.165) is 28.4 Å². The van der Waals surface area contributed by atoms with E-state index in [2.05, 4.69) is 569 Å². The molecule has 145 heavy (non-hydrogen) atoms. The first-order valence-corrected chi connectivity index (χ1v) is 49.9. The van der Waals surface area contributed by atoms with Crippen molar-refractivity contribution < 1.29 is 0 Å². The van der Waals surface area contributed by atoms with Gasteiger partial charge in [-0.2, -0.15) is 0 Å². The van der Waals surface area contributed by atoms with E-state index in [1.54, 1.807) is 0 Å². The number of aromatic nitrogens is 9. The summed E-state index contributed by atoms with van der Waals surface area (Å²) in [5.74, 6) is 0. The van der Waals surface area contributed by atoms with Gasteiger partial charge in [0.1, 0.15) is 0 Å². The third-order valence-corrected chi connectivity index (χ3v) is 30.4. The van der Waals surface area contributed by atoms with Gasteiger partial charge in [0.15, 0.2) is 0 Å². The second kappa shape index (κ2) is 32.6. The van der Waals surface area contributed by atoms with E-state index in [1.807, 2.05) is 0 Å². The maximum Gasteiger partial charge on any atom is 0.0561 e. The van der Waals surface area contributed by atoms with Crippen LogP contribution in [-0.2, 0) is 0 Å². The maximum absolute atomic E-state index is 2.43. The van der Waals surface area contributed by atoms with Gasteiger partial charge in [-0.3, -0.25) is 0 Å². The summed E-state index contributed by atoms with van der Waals surface area (Å²) in [6.45, 7) is 0. The SMILES string of the molecule is c1ccc(-c2cccc(-n3c4ccccc4c4ccc(-n5c6ccccc6c6cc(-n7c8ccccc8c8ccccc87)ccc65)cc43)c2)cc1.c1ccc(-n2c3ccccc3c3ccc(-n4c5ccccc5c5cc(-n6c7ccccc7c7ccccc76)ccc54)cc32)cc1.c1ccc2cc(-n3c4ccccc4c4cc(-n5c6ccccc6c6cc(-n7c8ccccc8c8ccccc87)ccc65)ccc43)ccc2c1. The Morgan fingerprint density at radius 2 is 0.269 bits per heavy atom. The molecule has 0 radical (unpaired) electrons. The molecule has 9 heterocycles. The number of nitrogens with zero attached hydrogens (tertiary/aromatic N) is 9. The maximum atomic E-state index is 2.43. The van der Waals surface area contributed by atoms with Crippen molar-refractivity contribution in [2.24, 2.45) is 0 Å². The van der Waals surface area contributed by atoms with Crippen LogP contribution in [0.5, 0.6) is 0 Å². The number of hydrogen-bond donors (Lipinski definition) is 0. The molecule has 32 rings (SSSR count). The fourth-order valence-corrected chi connectivity index (χ4v) is 24.2. The summed E-state index contributed by atoms with van der Waals surface area (Å²) in [6.07, 6.45) is 0. The third-order valence-electron chi connectivity index (χ3n) is 30.4. The largest absolute Gasteiger partial charge is 0.309 e. The van der Waals surface area contributed by atoms with Crippen LogP contribution in [-0.4, -0.2) is 41.1 Å². The van der Waals surface area contributed by atoms with Crippen LogP contribution in [0.15, 0.2) is 528 Å². The minimum absolute atomic E-state index is 1.14. The first-order chi connectivity index (χ1) is 72.0. The Kier molecular flexibility index (Phi) is 18.3. The van der Waals surface area contributed by atoms with Gasteiger partial charge in [-0.15, -0.1) is 0 Å². The third kappa shape index (κ3) is 12.6. The molecule has 0 fully saturated rings. The van der Waals surface area contributed by atoms with Crippen LogP contribution in [0.3, 0.4) is 0 Å². The fourth-order valence-electron chi connectivity index (χ4n) is 24.2. The molecule has 0 N–H and O–H groups in total. The van der Waals surface area contributed by atoms with Gasteiger partial charge in [0, 0.05) is 148 Å². The van der Waals surface area contributed by atoms with Crippen LogP contribution >= 0.6 is 0 Å². The molecule has 0 aliphatic rings. The quantitative estimate of drug-likeness (QED) is 0.131. The standard InChI is InChI=1S/C48H31N3.C46H29N3.C42H27N3/c1-2-13-32(14-3-1)33-15-12-16-34(29-33)51-45-23-10-6-19-39(45)41-27-25-36(31-48(41)51)50-46-24-11-7-20-40(46)42-30-35(26-28-47(42)50)49-43-21-8-4-17-37(43)38-18-5-9-22-44(38)49;1-2-12-31-27-32(22-21-30(31)11-1)47-43-19-9-5-15-37(43)39-29-34(24-25-45(39)47)49-44-20-10-6-16-38(44)40-28-33(23-26-46(40)49)48-41-17-7-3-13-35(41)36-14-4-8-18-42(36)48;1-2-12-28(13-3-1)43-37-18-8-6-16-33(37)35-24-22-30(27-42(35)43)45-40-21-11-7-17-34(40)36-26-29(23-25-41(36)45)44-38-19-9-4-14-31(38)32-15-5-10-20-39(32)44/h1-31H;1-29H;1-27H. The summed E-state index contributed by atoms with van der Waals surface area (Å²) < 4.78 is 21.7. The van der Waals surface area contributed by atoms with Crippen LogP contribution in [0.1, 0.15) is 0 Å². The number of hydrogen-bond acceptors (Lipinski definition) is 0. The molecular formula is C136H87N9. The van der Waals surface area contributed by atoms with Gasteiger partial charge in [0.2, 0.25) is 0 Å². The van der Waals surface area contributed by atoms with Crippen LogP contribution in [0.2, 0.25) is 0 Å². The Bertz CT molecular complexity index is 10800. The highest BCUT2D eigenvalue weighted by atomic mass is 15.1. The van der Waals surface area contributed by atoms with Crippen molar-refractivity contribution in [1.82, 2.24) is 41.1 Å². The van der Waals surface area contributed by atoms with Crippen molar-refractivity contribution in [2.45, 2.75) is 0 Å². The smallest absolute Gasteiger partial charge is 0.0561 e.